The number of carbonyl (C=O) groups excluding carboxylic acids is 2. The number of aryl methyl sites for hydroxylation is 1. The van der Waals surface area contributed by atoms with Crippen molar-refractivity contribution >= 4 is 23.2 Å². The summed E-state index contributed by atoms with van der Waals surface area (Å²) < 4.78 is 0. The van der Waals surface area contributed by atoms with Gasteiger partial charge in [0.15, 0.2) is 0 Å². The van der Waals surface area contributed by atoms with Gasteiger partial charge in [0.05, 0.1) is 0 Å². The maximum Gasteiger partial charge on any atom is 0.255 e. The van der Waals surface area contributed by atoms with Crippen molar-refractivity contribution in [2.75, 3.05) is 10.6 Å². The van der Waals surface area contributed by atoms with Crippen molar-refractivity contribution in [3.05, 3.63) is 53.9 Å². The number of pyridine rings is 1. The first kappa shape index (κ1) is 13.7. The van der Waals surface area contributed by atoms with Crippen LogP contribution in [0.15, 0.2) is 42.7 Å². The number of nitrogens with one attached hydrogen (secondary N) is 2. The lowest BCUT2D eigenvalue weighted by atomic mass is 10.1. The Labute approximate surface area is 117 Å². The molecule has 0 atom stereocenters. The van der Waals surface area contributed by atoms with Crippen LogP contribution in [0.2, 0.25) is 0 Å². The molecule has 2 rings (SSSR count). The molecule has 1 aromatic heterocycles. The maximum absolute atomic E-state index is 12.0. The predicted octanol–water partition coefficient (Wildman–Crippen LogP) is 2.60. The lowest BCUT2D eigenvalue weighted by Crippen LogP contribution is -2.12. The van der Waals surface area contributed by atoms with Crippen LogP contribution in [0.3, 0.4) is 0 Å². The number of hydrogen-bond donors (Lipinski definition) is 2. The van der Waals surface area contributed by atoms with E-state index in [-0.39, 0.29) is 11.8 Å². The Morgan fingerprint density at radius 3 is 2.35 bits per heavy atom. The first-order valence-corrected chi connectivity index (χ1v) is 6.16. The van der Waals surface area contributed by atoms with Crippen LogP contribution in [0.5, 0.6) is 0 Å². The third-order valence-corrected chi connectivity index (χ3v) is 2.74. The molecule has 0 fully saturated rings. The van der Waals surface area contributed by atoms with Crippen molar-refractivity contribution in [3.63, 3.8) is 0 Å². The Kier molecular flexibility index (Phi) is 4.10. The molecule has 5 heteroatoms. The van der Waals surface area contributed by atoms with Gasteiger partial charge in [-0.05, 0) is 42.8 Å². The van der Waals surface area contributed by atoms with Gasteiger partial charge < -0.3 is 10.6 Å². The number of rotatable bonds is 3. The lowest BCUT2D eigenvalue weighted by molar-refractivity contribution is -0.114. The summed E-state index contributed by atoms with van der Waals surface area (Å²) in [6, 6.07) is 8.61. The zero-order valence-electron chi connectivity index (χ0n) is 11.3. The molecule has 20 heavy (non-hydrogen) atoms. The smallest absolute Gasteiger partial charge is 0.255 e. The normalized spacial score (nSPS) is 9.90. The quantitative estimate of drug-likeness (QED) is 0.899. The van der Waals surface area contributed by atoms with E-state index in [1.54, 1.807) is 36.7 Å². The molecule has 0 radical (unpaired) electrons. The number of carbonyl (C=O) groups is 2. The Hall–Kier alpha value is -2.69. The molecule has 0 spiro atoms. The van der Waals surface area contributed by atoms with Crippen LogP contribution in [0.1, 0.15) is 22.8 Å². The van der Waals surface area contributed by atoms with Crippen LogP contribution in [0.4, 0.5) is 11.4 Å². The predicted molar refractivity (Wildman–Crippen MR) is 77.7 cm³/mol. The van der Waals surface area contributed by atoms with E-state index in [0.717, 1.165) is 11.3 Å². The van der Waals surface area contributed by atoms with Crippen LogP contribution in [-0.4, -0.2) is 16.8 Å². The van der Waals surface area contributed by atoms with E-state index in [2.05, 4.69) is 15.6 Å². The zero-order valence-corrected chi connectivity index (χ0v) is 11.3. The first-order chi connectivity index (χ1) is 9.56. The summed E-state index contributed by atoms with van der Waals surface area (Å²) >= 11 is 0. The van der Waals surface area contributed by atoms with Gasteiger partial charge in [0.2, 0.25) is 5.91 Å². The van der Waals surface area contributed by atoms with E-state index in [1.807, 2.05) is 13.0 Å². The summed E-state index contributed by atoms with van der Waals surface area (Å²) in [4.78, 5) is 26.9. The highest BCUT2D eigenvalue weighted by atomic mass is 16.2. The van der Waals surface area contributed by atoms with Gasteiger partial charge in [0.25, 0.3) is 5.91 Å². The van der Waals surface area contributed by atoms with Gasteiger partial charge in [0.1, 0.15) is 0 Å². The van der Waals surface area contributed by atoms with Crippen LogP contribution in [-0.2, 0) is 4.79 Å². The second-order valence-electron chi connectivity index (χ2n) is 4.40. The number of benzene rings is 1. The molecular weight excluding hydrogens is 254 g/mol. The lowest BCUT2D eigenvalue weighted by Gasteiger charge is -2.10. The Morgan fingerprint density at radius 1 is 1.05 bits per heavy atom. The van der Waals surface area contributed by atoms with Crippen LogP contribution in [0, 0.1) is 6.92 Å². The summed E-state index contributed by atoms with van der Waals surface area (Å²) in [5.41, 5.74) is 2.84. The first-order valence-electron chi connectivity index (χ1n) is 6.16. The number of hydrogen-bond acceptors (Lipinski definition) is 3. The maximum atomic E-state index is 12.0. The molecule has 0 saturated carbocycles. The molecule has 0 aliphatic rings. The van der Waals surface area contributed by atoms with E-state index in [4.69, 9.17) is 0 Å². The molecule has 0 bridgehead atoms. The minimum atomic E-state index is -0.195. The SMILES string of the molecule is CC(=O)Nc1ccc(NC(=O)c2ccncc2)cc1C. The molecule has 0 unspecified atom stereocenters. The summed E-state index contributed by atoms with van der Waals surface area (Å²) in [6.45, 7) is 3.33. The van der Waals surface area contributed by atoms with E-state index in [0.29, 0.717) is 11.3 Å². The molecular formula is C15H15N3O2. The van der Waals surface area contributed by atoms with Crippen molar-refractivity contribution in [1.82, 2.24) is 4.98 Å². The van der Waals surface area contributed by atoms with Gasteiger partial charge in [-0.25, -0.2) is 0 Å². The van der Waals surface area contributed by atoms with Crippen molar-refractivity contribution in [1.29, 1.82) is 0 Å². The van der Waals surface area contributed by atoms with Crippen molar-refractivity contribution in [3.8, 4) is 0 Å². The fourth-order valence-corrected chi connectivity index (χ4v) is 1.78. The third kappa shape index (κ3) is 3.41. The highest BCUT2D eigenvalue weighted by Crippen LogP contribution is 2.20. The van der Waals surface area contributed by atoms with Crippen LogP contribution < -0.4 is 10.6 Å². The molecule has 5 nitrogen and oxygen atoms in total. The largest absolute Gasteiger partial charge is 0.326 e. The Bertz CT molecular complexity index is 639. The van der Waals surface area contributed by atoms with E-state index < -0.39 is 0 Å². The van der Waals surface area contributed by atoms with E-state index >= 15 is 0 Å². The standard InChI is InChI=1S/C15H15N3O2/c1-10-9-13(3-4-14(10)17-11(2)19)18-15(20)12-5-7-16-8-6-12/h3-9H,1-2H3,(H,17,19)(H,18,20). The second-order valence-corrected chi connectivity index (χ2v) is 4.40. The van der Waals surface area contributed by atoms with Crippen LogP contribution in [0.25, 0.3) is 0 Å². The topological polar surface area (TPSA) is 71.1 Å². The molecule has 2 amide bonds. The molecule has 0 aliphatic carbocycles. The fourth-order valence-electron chi connectivity index (χ4n) is 1.78. The molecule has 0 aliphatic heterocycles. The fraction of sp³-hybridized carbons (Fsp3) is 0.133. The van der Waals surface area contributed by atoms with E-state index in [1.165, 1.54) is 6.92 Å². The monoisotopic (exact) mass is 269 g/mol. The number of amides is 2. The molecule has 102 valence electrons. The number of anilines is 2. The van der Waals surface area contributed by atoms with Crippen LogP contribution >= 0.6 is 0 Å². The highest BCUT2D eigenvalue weighted by molar-refractivity contribution is 6.04. The summed E-state index contributed by atoms with van der Waals surface area (Å²) in [5, 5.41) is 5.53. The molecule has 1 heterocycles. The van der Waals surface area contributed by atoms with Crippen molar-refractivity contribution in [2.45, 2.75) is 13.8 Å². The number of aromatic nitrogens is 1. The number of nitrogens with zero attached hydrogens (tertiary/aromatic N) is 1. The summed E-state index contributed by atoms with van der Waals surface area (Å²) in [7, 11) is 0. The van der Waals surface area contributed by atoms with Gasteiger partial charge in [-0.3, -0.25) is 14.6 Å². The van der Waals surface area contributed by atoms with Gasteiger partial charge in [-0.15, -0.1) is 0 Å². The zero-order chi connectivity index (χ0) is 14.5. The molecule has 1 aromatic carbocycles. The molecule has 2 N–H and O–H groups in total. The van der Waals surface area contributed by atoms with Crippen molar-refractivity contribution in [2.24, 2.45) is 0 Å². The highest BCUT2D eigenvalue weighted by Gasteiger charge is 2.07. The van der Waals surface area contributed by atoms with E-state index in [9.17, 15) is 9.59 Å². The van der Waals surface area contributed by atoms with Gasteiger partial charge in [-0.1, -0.05) is 0 Å². The second kappa shape index (κ2) is 5.97. The van der Waals surface area contributed by atoms with Gasteiger partial charge in [0, 0.05) is 36.3 Å². The Balaban J connectivity index is 2.13. The Morgan fingerprint density at radius 2 is 1.75 bits per heavy atom. The van der Waals surface area contributed by atoms with Gasteiger partial charge in [-0.2, -0.15) is 0 Å². The summed E-state index contributed by atoms with van der Waals surface area (Å²) in [6.07, 6.45) is 3.14. The average Bonchev–Trinajstić information content (AvgIpc) is 2.42. The molecule has 0 saturated heterocycles. The van der Waals surface area contributed by atoms with Gasteiger partial charge >= 0.3 is 0 Å². The minimum Gasteiger partial charge on any atom is -0.326 e. The summed E-state index contributed by atoms with van der Waals surface area (Å²) in [5.74, 6) is -0.319. The average molecular weight is 269 g/mol. The van der Waals surface area contributed by atoms with Crippen molar-refractivity contribution < 1.29 is 9.59 Å². The third-order valence-electron chi connectivity index (χ3n) is 2.74. The minimum absolute atomic E-state index is 0.123. The molecule has 2 aromatic rings.